The zero-order valence-corrected chi connectivity index (χ0v) is 21.8. The SMILES string of the molecule is NC(=O)c1nsc(C(=O)N(Cc2ccc3c(c2)OCO3)[C@@H](C(=O)NCc2ccccc2)c2ccc(F)cc2)c1N. The number of nitrogen functional groups attached to an aromatic ring is 1. The number of halogens is 1. The van der Waals surface area contributed by atoms with Gasteiger partial charge in [-0.15, -0.1) is 0 Å². The first-order valence-corrected chi connectivity index (χ1v) is 12.9. The summed E-state index contributed by atoms with van der Waals surface area (Å²) in [4.78, 5) is 40.9. The Bertz CT molecular complexity index is 1560. The number of nitrogens with one attached hydrogen (secondary N) is 1. The molecule has 0 saturated heterocycles. The summed E-state index contributed by atoms with van der Waals surface area (Å²) in [6.45, 7) is 0.187. The van der Waals surface area contributed by atoms with Gasteiger partial charge in [-0.05, 0) is 52.5 Å². The lowest BCUT2D eigenvalue weighted by Crippen LogP contribution is -2.43. The summed E-state index contributed by atoms with van der Waals surface area (Å²) in [7, 11) is 0. The summed E-state index contributed by atoms with van der Waals surface area (Å²) in [5.41, 5.74) is 12.9. The Morgan fingerprint density at radius 1 is 1.00 bits per heavy atom. The number of rotatable bonds is 9. The molecule has 0 spiro atoms. The van der Waals surface area contributed by atoms with E-state index >= 15 is 0 Å². The van der Waals surface area contributed by atoms with Crippen molar-refractivity contribution in [2.45, 2.75) is 19.1 Å². The molecular formula is C28H24FN5O5S. The Hall–Kier alpha value is -4.97. The van der Waals surface area contributed by atoms with Crippen LogP contribution in [0.4, 0.5) is 10.1 Å². The highest BCUT2D eigenvalue weighted by Crippen LogP contribution is 2.35. The van der Waals surface area contributed by atoms with Crippen LogP contribution in [-0.2, 0) is 17.9 Å². The minimum absolute atomic E-state index is 0.0579. The maximum absolute atomic E-state index is 14.1. The van der Waals surface area contributed by atoms with E-state index in [1.54, 1.807) is 18.2 Å². The molecule has 204 valence electrons. The van der Waals surface area contributed by atoms with Gasteiger partial charge in [0.05, 0.1) is 5.69 Å². The van der Waals surface area contributed by atoms with E-state index in [1.807, 2.05) is 30.3 Å². The number of aromatic nitrogens is 1. The van der Waals surface area contributed by atoms with Crippen LogP contribution in [0, 0.1) is 5.82 Å². The van der Waals surface area contributed by atoms with Gasteiger partial charge in [-0.3, -0.25) is 14.4 Å². The van der Waals surface area contributed by atoms with Crippen LogP contribution >= 0.6 is 11.5 Å². The molecule has 0 saturated carbocycles. The maximum atomic E-state index is 14.1. The number of primary amides is 1. The molecule has 40 heavy (non-hydrogen) atoms. The predicted octanol–water partition coefficient (Wildman–Crippen LogP) is 3.39. The number of carbonyl (C=O) groups is 3. The number of ether oxygens (including phenoxy) is 2. The second-order valence-corrected chi connectivity index (χ2v) is 9.69. The van der Waals surface area contributed by atoms with Crippen LogP contribution in [0.1, 0.15) is 42.9 Å². The molecule has 3 amide bonds. The minimum Gasteiger partial charge on any atom is -0.454 e. The first-order valence-electron chi connectivity index (χ1n) is 12.1. The van der Waals surface area contributed by atoms with Crippen LogP contribution in [0.5, 0.6) is 11.5 Å². The molecule has 0 radical (unpaired) electrons. The molecule has 10 nitrogen and oxygen atoms in total. The number of fused-ring (bicyclic) bond motifs is 1. The second-order valence-electron chi connectivity index (χ2n) is 8.92. The fraction of sp³-hybridized carbons (Fsp3) is 0.143. The van der Waals surface area contributed by atoms with Gasteiger partial charge in [0, 0.05) is 13.1 Å². The van der Waals surface area contributed by atoms with Crippen molar-refractivity contribution in [1.29, 1.82) is 0 Å². The quantitative estimate of drug-likeness (QED) is 0.283. The lowest BCUT2D eigenvalue weighted by molar-refractivity contribution is -0.126. The Balaban J connectivity index is 1.56. The van der Waals surface area contributed by atoms with E-state index in [0.717, 1.165) is 5.56 Å². The number of benzene rings is 3. The molecule has 1 aromatic heterocycles. The number of amides is 3. The zero-order chi connectivity index (χ0) is 28.2. The summed E-state index contributed by atoms with van der Waals surface area (Å²) in [5.74, 6) is -1.52. The Morgan fingerprint density at radius 3 is 2.42 bits per heavy atom. The van der Waals surface area contributed by atoms with Crippen molar-refractivity contribution < 1.29 is 28.2 Å². The third-order valence-electron chi connectivity index (χ3n) is 6.26. The largest absolute Gasteiger partial charge is 0.454 e. The van der Waals surface area contributed by atoms with Crippen LogP contribution in [0.3, 0.4) is 0 Å². The molecule has 0 bridgehead atoms. The zero-order valence-electron chi connectivity index (χ0n) is 21.0. The molecule has 2 heterocycles. The van der Waals surface area contributed by atoms with Gasteiger partial charge in [0.25, 0.3) is 11.8 Å². The smallest absolute Gasteiger partial charge is 0.270 e. The molecule has 1 aliphatic rings. The highest BCUT2D eigenvalue weighted by atomic mass is 32.1. The molecule has 3 aromatic carbocycles. The first kappa shape index (κ1) is 26.6. The normalized spacial score (nSPS) is 12.5. The van der Waals surface area contributed by atoms with E-state index in [9.17, 15) is 18.8 Å². The maximum Gasteiger partial charge on any atom is 0.270 e. The third kappa shape index (κ3) is 5.57. The number of hydrogen-bond donors (Lipinski definition) is 3. The van der Waals surface area contributed by atoms with Crippen molar-refractivity contribution >= 4 is 34.9 Å². The molecular weight excluding hydrogens is 537 g/mol. The van der Waals surface area contributed by atoms with Gasteiger partial charge in [0.15, 0.2) is 17.2 Å². The number of carbonyl (C=O) groups excluding carboxylic acids is 3. The van der Waals surface area contributed by atoms with Gasteiger partial charge < -0.3 is 31.2 Å². The van der Waals surface area contributed by atoms with Crippen molar-refractivity contribution in [1.82, 2.24) is 14.6 Å². The van der Waals surface area contributed by atoms with E-state index in [2.05, 4.69) is 9.69 Å². The third-order valence-corrected chi connectivity index (χ3v) is 7.11. The predicted molar refractivity (Wildman–Crippen MR) is 145 cm³/mol. The van der Waals surface area contributed by atoms with Crippen molar-refractivity contribution in [3.63, 3.8) is 0 Å². The summed E-state index contributed by atoms with van der Waals surface area (Å²) in [6.07, 6.45) is 0. The van der Waals surface area contributed by atoms with Crippen molar-refractivity contribution in [3.8, 4) is 11.5 Å². The van der Waals surface area contributed by atoms with Crippen LogP contribution in [0.15, 0.2) is 72.8 Å². The fourth-order valence-corrected chi connectivity index (χ4v) is 5.04. The van der Waals surface area contributed by atoms with E-state index in [1.165, 1.54) is 29.2 Å². The van der Waals surface area contributed by atoms with E-state index in [4.69, 9.17) is 20.9 Å². The molecule has 0 unspecified atom stereocenters. The Kier molecular flexibility index (Phi) is 7.60. The summed E-state index contributed by atoms with van der Waals surface area (Å²) >= 11 is 0.705. The average Bonchev–Trinajstić information content (AvgIpc) is 3.59. The standard InChI is InChI=1S/C28H24FN5O5S/c29-19-9-7-18(8-10-19)24(27(36)32-13-16-4-2-1-3-5-16)34(14-17-6-11-20-21(12-17)39-15-38-20)28(37)25-22(30)23(26(31)35)33-40-25/h1-12,24H,13-15,30H2,(H2,31,35)(H,32,36)/t24-/m1/s1. The lowest BCUT2D eigenvalue weighted by atomic mass is 10.0. The molecule has 1 atom stereocenters. The number of anilines is 1. The van der Waals surface area contributed by atoms with Crippen molar-refractivity contribution in [3.05, 3.63) is 106 Å². The van der Waals surface area contributed by atoms with E-state index in [-0.39, 0.29) is 36.1 Å². The second kappa shape index (κ2) is 11.4. The molecule has 0 aliphatic carbocycles. The monoisotopic (exact) mass is 561 g/mol. The number of hydrogen-bond acceptors (Lipinski definition) is 8. The highest BCUT2D eigenvalue weighted by molar-refractivity contribution is 7.09. The first-order chi connectivity index (χ1) is 19.3. The van der Waals surface area contributed by atoms with Crippen LogP contribution in [-0.4, -0.2) is 33.8 Å². The lowest BCUT2D eigenvalue weighted by Gasteiger charge is -2.31. The average molecular weight is 562 g/mol. The van der Waals surface area contributed by atoms with Gasteiger partial charge >= 0.3 is 0 Å². The minimum atomic E-state index is -1.21. The van der Waals surface area contributed by atoms with Crippen molar-refractivity contribution in [2.24, 2.45) is 5.73 Å². The summed E-state index contributed by atoms with van der Waals surface area (Å²) < 4.78 is 28.7. The van der Waals surface area contributed by atoms with Gasteiger partial charge in [-0.25, -0.2) is 4.39 Å². The Morgan fingerprint density at radius 2 is 1.73 bits per heavy atom. The molecule has 12 heteroatoms. The number of nitrogens with zero attached hydrogens (tertiary/aromatic N) is 2. The molecule has 1 aliphatic heterocycles. The molecule has 4 aromatic rings. The van der Waals surface area contributed by atoms with Gasteiger partial charge in [0.1, 0.15) is 16.7 Å². The highest BCUT2D eigenvalue weighted by Gasteiger charge is 2.35. The van der Waals surface area contributed by atoms with E-state index < -0.39 is 29.6 Å². The van der Waals surface area contributed by atoms with Crippen LogP contribution in [0.25, 0.3) is 0 Å². The molecule has 5 N–H and O–H groups in total. The fourth-order valence-electron chi connectivity index (χ4n) is 4.28. The number of nitrogens with two attached hydrogens (primary N) is 2. The summed E-state index contributed by atoms with van der Waals surface area (Å²) in [6, 6.07) is 18.5. The topological polar surface area (TPSA) is 150 Å². The Labute approximate surface area is 232 Å². The van der Waals surface area contributed by atoms with Gasteiger partial charge in [0.2, 0.25) is 12.7 Å². The van der Waals surface area contributed by atoms with Crippen molar-refractivity contribution in [2.75, 3.05) is 12.5 Å². The molecule has 0 fully saturated rings. The van der Waals surface area contributed by atoms with Gasteiger partial charge in [-0.2, -0.15) is 4.37 Å². The van der Waals surface area contributed by atoms with Crippen LogP contribution in [0.2, 0.25) is 0 Å². The van der Waals surface area contributed by atoms with Crippen LogP contribution < -0.4 is 26.3 Å². The van der Waals surface area contributed by atoms with E-state index in [0.29, 0.717) is 34.2 Å². The van der Waals surface area contributed by atoms with Gasteiger partial charge in [-0.1, -0.05) is 48.5 Å². The molecule has 5 rings (SSSR count). The summed E-state index contributed by atoms with van der Waals surface area (Å²) in [5, 5.41) is 2.88.